The third kappa shape index (κ3) is 5.41. The predicted molar refractivity (Wildman–Crippen MR) is 112 cm³/mol. The fraction of sp³-hybridized carbons (Fsp3) is 0.350. The molecule has 1 fully saturated rings. The maximum Gasteiger partial charge on any atom is 0.243 e. The summed E-state index contributed by atoms with van der Waals surface area (Å²) in [5.41, 5.74) is 0.873. The normalized spacial score (nSPS) is 15.0. The summed E-state index contributed by atoms with van der Waals surface area (Å²) in [4.78, 5) is 14.6. The molecule has 2 aromatic rings. The van der Waals surface area contributed by atoms with Crippen LogP contribution in [0.3, 0.4) is 0 Å². The second-order valence-electron chi connectivity index (χ2n) is 6.66. The van der Waals surface area contributed by atoms with Gasteiger partial charge < -0.3 is 10.2 Å². The van der Waals surface area contributed by atoms with Gasteiger partial charge in [0.2, 0.25) is 15.9 Å². The molecule has 0 atom stereocenters. The Hall–Kier alpha value is -1.74. The van der Waals surface area contributed by atoms with Crippen molar-refractivity contribution >= 4 is 31.9 Å². The van der Waals surface area contributed by atoms with Crippen molar-refractivity contribution in [3.05, 3.63) is 64.6 Å². The SMILES string of the molecule is O=C(CCN(Cc1ccc(Br)cc1)S(=O)(=O)c1ccccc1)N1CCNCC1. The average molecular weight is 466 g/mol. The van der Waals surface area contributed by atoms with Gasteiger partial charge in [-0.1, -0.05) is 46.3 Å². The second kappa shape index (κ2) is 9.65. The molecular weight excluding hydrogens is 442 g/mol. The maximum atomic E-state index is 13.2. The summed E-state index contributed by atoms with van der Waals surface area (Å²) in [6.07, 6.45) is 0.169. The molecular formula is C20H24BrN3O3S. The van der Waals surface area contributed by atoms with E-state index in [4.69, 9.17) is 0 Å². The molecule has 1 heterocycles. The highest BCUT2D eigenvalue weighted by Gasteiger charge is 2.26. The highest BCUT2D eigenvalue weighted by atomic mass is 79.9. The first-order valence-electron chi connectivity index (χ1n) is 9.25. The zero-order valence-electron chi connectivity index (χ0n) is 15.6. The Balaban J connectivity index is 1.77. The molecule has 6 nitrogen and oxygen atoms in total. The average Bonchev–Trinajstić information content (AvgIpc) is 2.73. The molecule has 0 saturated carbocycles. The monoisotopic (exact) mass is 465 g/mol. The molecule has 0 bridgehead atoms. The first-order valence-corrected chi connectivity index (χ1v) is 11.5. The van der Waals surface area contributed by atoms with Crippen molar-refractivity contribution in [2.45, 2.75) is 17.9 Å². The summed E-state index contributed by atoms with van der Waals surface area (Å²) in [5, 5.41) is 3.21. The number of nitrogens with zero attached hydrogens (tertiary/aromatic N) is 2. The number of carbonyl (C=O) groups is 1. The highest BCUT2D eigenvalue weighted by Crippen LogP contribution is 2.20. The minimum atomic E-state index is -3.70. The van der Waals surface area contributed by atoms with E-state index in [9.17, 15) is 13.2 Å². The van der Waals surface area contributed by atoms with Gasteiger partial charge in [0.25, 0.3) is 0 Å². The van der Waals surface area contributed by atoms with Crippen LogP contribution in [0.15, 0.2) is 64.0 Å². The minimum absolute atomic E-state index is 0.00873. The molecule has 0 aromatic heterocycles. The molecule has 8 heteroatoms. The molecule has 0 aliphatic carbocycles. The predicted octanol–water partition coefficient (Wildman–Crippen LogP) is 2.46. The smallest absolute Gasteiger partial charge is 0.243 e. The van der Waals surface area contributed by atoms with Crippen molar-refractivity contribution in [2.75, 3.05) is 32.7 Å². The summed E-state index contributed by atoms with van der Waals surface area (Å²) < 4.78 is 28.7. The molecule has 1 saturated heterocycles. The highest BCUT2D eigenvalue weighted by molar-refractivity contribution is 9.10. The van der Waals surface area contributed by atoms with Crippen molar-refractivity contribution < 1.29 is 13.2 Å². The molecule has 28 heavy (non-hydrogen) atoms. The Bertz CT molecular complexity index is 883. The lowest BCUT2D eigenvalue weighted by molar-refractivity contribution is -0.131. The lowest BCUT2D eigenvalue weighted by atomic mass is 10.2. The van der Waals surface area contributed by atoms with Crippen LogP contribution in [0.5, 0.6) is 0 Å². The second-order valence-corrected chi connectivity index (χ2v) is 9.51. The largest absolute Gasteiger partial charge is 0.340 e. The minimum Gasteiger partial charge on any atom is -0.340 e. The molecule has 1 amide bonds. The van der Waals surface area contributed by atoms with Crippen LogP contribution in [0.25, 0.3) is 0 Å². The van der Waals surface area contributed by atoms with Crippen LogP contribution in [0.1, 0.15) is 12.0 Å². The van der Waals surface area contributed by atoms with Gasteiger partial charge in [0.05, 0.1) is 4.90 Å². The fourth-order valence-corrected chi connectivity index (χ4v) is 4.83. The Kier molecular flexibility index (Phi) is 7.23. The van der Waals surface area contributed by atoms with E-state index in [1.807, 2.05) is 24.3 Å². The number of piperazine rings is 1. The van der Waals surface area contributed by atoms with E-state index in [1.54, 1.807) is 35.2 Å². The van der Waals surface area contributed by atoms with Crippen molar-refractivity contribution in [3.8, 4) is 0 Å². The third-order valence-electron chi connectivity index (χ3n) is 4.70. The number of sulfonamides is 1. The van der Waals surface area contributed by atoms with Gasteiger partial charge in [-0.15, -0.1) is 0 Å². The van der Waals surface area contributed by atoms with E-state index < -0.39 is 10.0 Å². The summed E-state index contributed by atoms with van der Waals surface area (Å²) in [7, 11) is -3.70. The number of nitrogens with one attached hydrogen (secondary N) is 1. The van der Waals surface area contributed by atoms with Crippen molar-refractivity contribution in [2.24, 2.45) is 0 Å². The summed E-state index contributed by atoms with van der Waals surface area (Å²) in [6.45, 7) is 3.25. The topological polar surface area (TPSA) is 69.7 Å². The number of halogens is 1. The quantitative estimate of drug-likeness (QED) is 0.681. The number of amides is 1. The van der Waals surface area contributed by atoms with Gasteiger partial charge >= 0.3 is 0 Å². The molecule has 1 aliphatic rings. The van der Waals surface area contributed by atoms with E-state index in [1.165, 1.54) is 4.31 Å². The molecule has 0 spiro atoms. The molecule has 0 radical (unpaired) electrons. The van der Waals surface area contributed by atoms with Crippen molar-refractivity contribution in [1.29, 1.82) is 0 Å². The number of carbonyl (C=O) groups excluding carboxylic acids is 1. The van der Waals surface area contributed by atoms with E-state index in [-0.39, 0.29) is 30.3 Å². The summed E-state index contributed by atoms with van der Waals surface area (Å²) in [6, 6.07) is 15.9. The maximum absolute atomic E-state index is 13.2. The summed E-state index contributed by atoms with van der Waals surface area (Å²) in [5.74, 6) is -0.00873. The third-order valence-corrected chi connectivity index (χ3v) is 7.09. The zero-order chi connectivity index (χ0) is 20.0. The molecule has 1 N–H and O–H groups in total. The van der Waals surface area contributed by atoms with E-state index in [2.05, 4.69) is 21.2 Å². The van der Waals surface area contributed by atoms with Crippen molar-refractivity contribution in [1.82, 2.24) is 14.5 Å². The van der Waals surface area contributed by atoms with Gasteiger partial charge in [0, 0.05) is 50.2 Å². The standard InChI is InChI=1S/C20H24BrN3O3S/c21-18-8-6-17(7-9-18)16-24(28(26,27)19-4-2-1-3-5-19)13-10-20(25)23-14-11-22-12-15-23/h1-9,22H,10-16H2. The van der Waals surface area contributed by atoms with Gasteiger partial charge in [0.1, 0.15) is 0 Å². The van der Waals surface area contributed by atoms with Crippen LogP contribution in [-0.2, 0) is 21.4 Å². The number of hydrogen-bond donors (Lipinski definition) is 1. The zero-order valence-corrected chi connectivity index (χ0v) is 18.0. The van der Waals surface area contributed by atoms with Gasteiger partial charge in [-0.05, 0) is 29.8 Å². The molecule has 2 aromatic carbocycles. The van der Waals surface area contributed by atoms with Crippen LogP contribution < -0.4 is 5.32 Å². The molecule has 3 rings (SSSR count). The van der Waals surface area contributed by atoms with Crippen LogP contribution in [0.2, 0.25) is 0 Å². The van der Waals surface area contributed by atoms with E-state index in [0.717, 1.165) is 23.1 Å². The lowest BCUT2D eigenvalue weighted by Gasteiger charge is -2.29. The first-order chi connectivity index (χ1) is 13.5. The number of hydrogen-bond acceptors (Lipinski definition) is 4. The van der Waals surface area contributed by atoms with Crippen LogP contribution >= 0.6 is 15.9 Å². The number of benzene rings is 2. The van der Waals surface area contributed by atoms with Gasteiger partial charge in [-0.2, -0.15) is 4.31 Å². The number of rotatable bonds is 7. The Morgan fingerprint density at radius 3 is 2.32 bits per heavy atom. The van der Waals surface area contributed by atoms with Crippen molar-refractivity contribution in [3.63, 3.8) is 0 Å². The first kappa shape index (κ1) is 21.0. The Morgan fingerprint density at radius 2 is 1.68 bits per heavy atom. The molecule has 150 valence electrons. The Morgan fingerprint density at radius 1 is 1.04 bits per heavy atom. The molecule has 0 unspecified atom stereocenters. The lowest BCUT2D eigenvalue weighted by Crippen LogP contribution is -2.47. The Labute approximate surface area is 174 Å². The molecule has 1 aliphatic heterocycles. The van der Waals surface area contributed by atoms with Gasteiger partial charge in [0.15, 0.2) is 0 Å². The van der Waals surface area contributed by atoms with Crippen LogP contribution in [0, 0.1) is 0 Å². The van der Waals surface area contributed by atoms with Gasteiger partial charge in [-0.3, -0.25) is 4.79 Å². The fourth-order valence-electron chi connectivity index (χ4n) is 3.11. The summed E-state index contributed by atoms with van der Waals surface area (Å²) >= 11 is 3.39. The van der Waals surface area contributed by atoms with E-state index in [0.29, 0.717) is 13.1 Å². The van der Waals surface area contributed by atoms with Gasteiger partial charge in [-0.25, -0.2) is 8.42 Å². The van der Waals surface area contributed by atoms with Crippen LogP contribution in [0.4, 0.5) is 0 Å². The van der Waals surface area contributed by atoms with Crippen LogP contribution in [-0.4, -0.2) is 56.3 Å². The van der Waals surface area contributed by atoms with E-state index >= 15 is 0 Å².